The van der Waals surface area contributed by atoms with Gasteiger partial charge in [0.25, 0.3) is 0 Å². The Hall–Kier alpha value is -2.82. The number of nitrogens with zero attached hydrogens (tertiary/aromatic N) is 2. The summed E-state index contributed by atoms with van der Waals surface area (Å²) in [6, 6.07) is -0.207. The number of nitrogens with one attached hydrogen (secondary N) is 4. The Morgan fingerprint density at radius 3 is 2.48 bits per heavy atom. The van der Waals surface area contributed by atoms with E-state index in [0.717, 1.165) is 67.4 Å². The van der Waals surface area contributed by atoms with Crippen molar-refractivity contribution in [1.29, 1.82) is 0 Å². The van der Waals surface area contributed by atoms with E-state index in [9.17, 15) is 14.4 Å². The molecule has 4 unspecified atom stereocenters. The van der Waals surface area contributed by atoms with E-state index >= 15 is 0 Å². The van der Waals surface area contributed by atoms with Gasteiger partial charge in [-0.15, -0.1) is 6.42 Å². The van der Waals surface area contributed by atoms with Gasteiger partial charge < -0.3 is 36.6 Å². The lowest BCUT2D eigenvalue weighted by atomic mass is 9.45. The molecule has 6 fully saturated rings. The molecule has 0 aromatic heterocycles. The predicted octanol–water partition coefficient (Wildman–Crippen LogP) is 5.98. The van der Waals surface area contributed by atoms with Gasteiger partial charge in [0, 0.05) is 36.6 Å². The van der Waals surface area contributed by atoms with Crippen LogP contribution in [0.5, 0.6) is 0 Å². The summed E-state index contributed by atoms with van der Waals surface area (Å²) < 4.78 is 11.2. The van der Waals surface area contributed by atoms with Crippen LogP contribution in [0.4, 0.5) is 4.79 Å². The third-order valence-electron chi connectivity index (χ3n) is 15.9. The maximum Gasteiger partial charge on any atom is 0.316 e. The number of hydrogen-bond acceptors (Lipinski definition) is 9. The zero-order valence-electron chi connectivity index (χ0n) is 35.7. The Balaban J connectivity index is 0.746. The SMILES string of the molecule is C#C[C@]12NC(=O)N[C@@]1(C)CS[C@H]2CCCCC(=O)NCCOCCOCCN=CC(CNC(=O)CCC[C@H]1CCC2C3CCC4CCCC[C@]4(C)C3CC[C@@]21C)=NN. The molecule has 0 aromatic rings. The standard InChI is InChI=1S/C45H73N7O5S/c1-5-45-38(58-31-44(45,4)50-41(55)51-45)13-6-7-14-39(53)48-24-26-57-28-27-56-25-23-47-29-34(52-46)30-49-40(54)15-10-12-33-17-19-36-35-18-16-32-11-8-9-21-42(32,2)37(35)20-22-43(33,36)3/h1,29,32-33,35-38H,6-28,30-31,46H2,2-4H3,(H,48,53)(H,49,54)(H2,50,51,55)/t32?,33-,35?,36?,37?,38-,42-,43+,44-,45+/m0/s1. The molecule has 0 aromatic carbocycles. The maximum atomic E-state index is 12.8. The average Bonchev–Trinajstić information content (AvgIpc) is 3.78. The zero-order valence-corrected chi connectivity index (χ0v) is 36.5. The molecule has 12 nitrogen and oxygen atoms in total. The lowest BCUT2D eigenvalue weighted by Crippen LogP contribution is -2.59. The lowest BCUT2D eigenvalue weighted by molar-refractivity contribution is -0.122. The quantitative estimate of drug-likeness (QED) is 0.0237. The number of thioether (sulfide) groups is 1. The summed E-state index contributed by atoms with van der Waals surface area (Å²) in [5.74, 6) is 13.7. The van der Waals surface area contributed by atoms with E-state index < -0.39 is 11.1 Å². The highest BCUT2D eigenvalue weighted by molar-refractivity contribution is 8.00. The van der Waals surface area contributed by atoms with Gasteiger partial charge in [-0.05, 0) is 124 Å². The van der Waals surface area contributed by atoms with Crippen molar-refractivity contribution < 1.29 is 23.9 Å². The van der Waals surface area contributed by atoms with Gasteiger partial charge >= 0.3 is 6.03 Å². The first-order valence-corrected chi connectivity index (χ1v) is 23.7. The van der Waals surface area contributed by atoms with E-state index in [0.29, 0.717) is 68.9 Å². The normalized spacial score (nSPS) is 36.6. The third kappa shape index (κ3) is 9.86. The number of amides is 4. The Morgan fingerprint density at radius 2 is 1.67 bits per heavy atom. The van der Waals surface area contributed by atoms with Crippen LogP contribution in [0.3, 0.4) is 0 Å². The number of rotatable bonds is 21. The summed E-state index contributed by atoms with van der Waals surface area (Å²) in [4.78, 5) is 41.4. The van der Waals surface area contributed by atoms with Crippen molar-refractivity contribution in [1.82, 2.24) is 21.3 Å². The van der Waals surface area contributed by atoms with Crippen LogP contribution in [0.2, 0.25) is 0 Å². The van der Waals surface area contributed by atoms with Gasteiger partial charge in [-0.2, -0.15) is 16.9 Å². The number of hydrazone groups is 1. The molecule has 10 atom stereocenters. The van der Waals surface area contributed by atoms with Gasteiger partial charge in [0.1, 0.15) is 5.54 Å². The fourth-order valence-electron chi connectivity index (χ4n) is 12.6. The Labute approximate surface area is 352 Å². The van der Waals surface area contributed by atoms with Crippen LogP contribution in [0.15, 0.2) is 10.1 Å². The van der Waals surface area contributed by atoms with Gasteiger partial charge in [0.2, 0.25) is 11.8 Å². The summed E-state index contributed by atoms with van der Waals surface area (Å²) >= 11 is 1.78. The van der Waals surface area contributed by atoms with Crippen molar-refractivity contribution in [2.45, 2.75) is 146 Å². The summed E-state index contributed by atoms with van der Waals surface area (Å²) in [6.45, 7) is 10.1. The molecule has 0 spiro atoms. The van der Waals surface area contributed by atoms with Crippen LogP contribution in [-0.2, 0) is 19.1 Å². The van der Waals surface area contributed by atoms with Crippen molar-refractivity contribution in [3.8, 4) is 12.3 Å². The molecule has 58 heavy (non-hydrogen) atoms. The summed E-state index contributed by atoms with van der Waals surface area (Å²) in [6.07, 6.45) is 27.3. The van der Waals surface area contributed by atoms with Crippen LogP contribution < -0.4 is 27.1 Å². The minimum absolute atomic E-state index is 0.00188. The molecule has 6 N–H and O–H groups in total. The molecular formula is C45H73N7O5S. The van der Waals surface area contributed by atoms with Gasteiger partial charge in [0.05, 0.1) is 50.8 Å². The molecule has 4 aliphatic carbocycles. The highest BCUT2D eigenvalue weighted by Gasteiger charge is 2.63. The molecule has 13 heteroatoms. The van der Waals surface area contributed by atoms with Gasteiger partial charge in [-0.1, -0.05) is 39.0 Å². The number of ether oxygens (including phenoxy) is 2. The van der Waals surface area contributed by atoms with Crippen LogP contribution in [-0.4, -0.2) is 97.9 Å². The number of carbonyl (C=O) groups is 3. The molecule has 4 saturated carbocycles. The molecule has 2 aliphatic heterocycles. The molecule has 4 amide bonds. The molecule has 0 bridgehead atoms. The monoisotopic (exact) mass is 824 g/mol. The summed E-state index contributed by atoms with van der Waals surface area (Å²) in [5.41, 5.74) is 0.441. The first-order chi connectivity index (χ1) is 28.0. The molecule has 324 valence electrons. The zero-order chi connectivity index (χ0) is 41.2. The van der Waals surface area contributed by atoms with Crippen molar-refractivity contribution in [2.75, 3.05) is 51.8 Å². The fourth-order valence-corrected chi connectivity index (χ4v) is 14.4. The molecule has 6 rings (SSSR count). The minimum Gasteiger partial charge on any atom is -0.377 e. The fraction of sp³-hybridized carbons (Fsp3) is 0.844. The van der Waals surface area contributed by atoms with Crippen molar-refractivity contribution in [2.24, 2.45) is 56.4 Å². The maximum absolute atomic E-state index is 12.8. The number of hydrogen-bond donors (Lipinski definition) is 5. The second-order valence-electron chi connectivity index (χ2n) is 19.0. The van der Waals surface area contributed by atoms with E-state index in [1.165, 1.54) is 64.2 Å². The Morgan fingerprint density at radius 1 is 0.897 bits per heavy atom. The van der Waals surface area contributed by atoms with Crippen LogP contribution in [0.25, 0.3) is 0 Å². The highest BCUT2D eigenvalue weighted by Crippen LogP contribution is 2.68. The number of nitrogens with two attached hydrogens (primary N) is 1. The second kappa shape index (κ2) is 20.2. The molecule has 2 heterocycles. The van der Waals surface area contributed by atoms with Crippen LogP contribution >= 0.6 is 11.8 Å². The van der Waals surface area contributed by atoms with Crippen molar-refractivity contribution >= 4 is 41.5 Å². The number of unbranched alkanes of at least 4 members (excludes halogenated alkanes) is 1. The van der Waals surface area contributed by atoms with Crippen LogP contribution in [0, 0.1) is 52.8 Å². The number of terminal acetylenes is 1. The molecule has 6 aliphatic rings. The Kier molecular flexibility index (Phi) is 15.5. The number of aliphatic imine (C=N–C) groups is 1. The summed E-state index contributed by atoms with van der Waals surface area (Å²) in [7, 11) is 0. The van der Waals surface area contributed by atoms with Crippen molar-refractivity contribution in [3.05, 3.63) is 0 Å². The van der Waals surface area contributed by atoms with Gasteiger partial charge in [0.15, 0.2) is 0 Å². The number of carbonyl (C=O) groups excluding carboxylic acids is 3. The van der Waals surface area contributed by atoms with Crippen LogP contribution in [0.1, 0.15) is 130 Å². The van der Waals surface area contributed by atoms with E-state index in [2.05, 4.69) is 51.1 Å². The number of fused-ring (bicyclic) bond motifs is 6. The van der Waals surface area contributed by atoms with E-state index in [-0.39, 0.29) is 29.6 Å². The third-order valence-corrected chi connectivity index (χ3v) is 17.6. The average molecular weight is 824 g/mol. The highest BCUT2D eigenvalue weighted by atomic mass is 32.2. The largest absolute Gasteiger partial charge is 0.377 e. The van der Waals surface area contributed by atoms with E-state index in [4.69, 9.17) is 21.7 Å². The summed E-state index contributed by atoms with van der Waals surface area (Å²) in [5, 5.41) is 15.8. The minimum atomic E-state index is -0.683. The topological polar surface area (TPSA) is 169 Å². The molecular weight excluding hydrogens is 751 g/mol. The lowest BCUT2D eigenvalue weighted by Gasteiger charge is -2.60. The molecule has 0 radical (unpaired) electrons. The van der Waals surface area contributed by atoms with Crippen molar-refractivity contribution in [3.63, 3.8) is 0 Å². The van der Waals surface area contributed by atoms with Gasteiger partial charge in [-0.3, -0.25) is 14.6 Å². The first-order valence-electron chi connectivity index (χ1n) is 22.6. The van der Waals surface area contributed by atoms with E-state index in [1.54, 1.807) is 18.0 Å². The predicted molar refractivity (Wildman–Crippen MR) is 233 cm³/mol. The van der Waals surface area contributed by atoms with Gasteiger partial charge in [-0.25, -0.2) is 4.79 Å². The van der Waals surface area contributed by atoms with E-state index in [1.807, 2.05) is 6.92 Å². The Bertz CT molecular complexity index is 1540. The smallest absolute Gasteiger partial charge is 0.316 e. The molecule has 2 saturated heterocycles. The first kappa shape index (κ1) is 44.7. The number of urea groups is 1. The second-order valence-corrected chi connectivity index (χ2v) is 20.2.